The Labute approximate surface area is 179 Å². The average Bonchev–Trinajstić information content (AvgIpc) is 3.09. The number of benzene rings is 1. The number of anilines is 1. The van der Waals surface area contributed by atoms with Gasteiger partial charge in [0.15, 0.2) is 12.5 Å². The number of nitrogens with one attached hydrogen (secondary N) is 2. The van der Waals surface area contributed by atoms with Gasteiger partial charge in [-0.15, -0.1) is 0 Å². The molecular formula is C21H25N7O3. The predicted molar refractivity (Wildman–Crippen MR) is 118 cm³/mol. The standard InChI is InChI=1S/C21H25N7O3/c1-27-7-6-22-19-18-16(21(30)26-20(18)25-13-24-19)11-23-14-4-3-5-15(10-14)31-12-17(29)28(2)9-8-27/h3-5,10-11,13,30H,6-9,12H2,1-2H3,(H2,22,24,25,26). The van der Waals surface area contributed by atoms with Crippen LogP contribution in [0.5, 0.6) is 11.6 Å². The van der Waals surface area contributed by atoms with E-state index in [1.165, 1.54) is 6.33 Å². The lowest BCUT2D eigenvalue weighted by molar-refractivity contribution is -0.132. The second-order valence-corrected chi connectivity index (χ2v) is 7.42. The highest BCUT2D eigenvalue weighted by molar-refractivity contribution is 6.06. The molecule has 0 radical (unpaired) electrons. The first-order valence-corrected chi connectivity index (χ1v) is 10.00. The van der Waals surface area contributed by atoms with E-state index in [1.54, 1.807) is 36.4 Å². The Morgan fingerprint density at radius 3 is 2.90 bits per heavy atom. The quantitative estimate of drug-likeness (QED) is 0.503. The van der Waals surface area contributed by atoms with E-state index in [2.05, 4.69) is 30.2 Å². The first-order valence-electron chi connectivity index (χ1n) is 10.00. The van der Waals surface area contributed by atoms with Crippen molar-refractivity contribution in [3.8, 4) is 11.6 Å². The summed E-state index contributed by atoms with van der Waals surface area (Å²) in [7, 11) is 3.77. The van der Waals surface area contributed by atoms with Crippen molar-refractivity contribution in [2.24, 2.45) is 4.99 Å². The van der Waals surface area contributed by atoms with Crippen molar-refractivity contribution in [2.75, 3.05) is 52.2 Å². The molecule has 10 nitrogen and oxygen atoms in total. The molecule has 1 aliphatic rings. The summed E-state index contributed by atoms with van der Waals surface area (Å²) in [5, 5.41) is 14.4. The van der Waals surface area contributed by atoms with E-state index < -0.39 is 0 Å². The minimum Gasteiger partial charge on any atom is -0.494 e. The van der Waals surface area contributed by atoms with Crippen molar-refractivity contribution in [3.05, 3.63) is 36.2 Å². The zero-order chi connectivity index (χ0) is 21.8. The zero-order valence-corrected chi connectivity index (χ0v) is 17.5. The summed E-state index contributed by atoms with van der Waals surface area (Å²) in [5.41, 5.74) is 1.65. The predicted octanol–water partition coefficient (Wildman–Crippen LogP) is 1.61. The molecule has 1 aliphatic heterocycles. The van der Waals surface area contributed by atoms with Crippen LogP contribution in [0.3, 0.4) is 0 Å². The van der Waals surface area contributed by atoms with E-state index in [1.807, 2.05) is 13.1 Å². The first-order chi connectivity index (χ1) is 15.0. The number of H-pyrrole nitrogens is 1. The monoisotopic (exact) mass is 423 g/mol. The molecule has 1 amide bonds. The smallest absolute Gasteiger partial charge is 0.260 e. The van der Waals surface area contributed by atoms with E-state index >= 15 is 0 Å². The number of aliphatic imine (C=N–C) groups is 1. The summed E-state index contributed by atoms with van der Waals surface area (Å²) in [6.45, 7) is 2.65. The van der Waals surface area contributed by atoms with E-state index in [0.717, 1.165) is 13.1 Å². The molecule has 31 heavy (non-hydrogen) atoms. The topological polar surface area (TPSA) is 119 Å². The molecule has 2 bridgehead atoms. The van der Waals surface area contributed by atoms with Gasteiger partial charge in [-0.2, -0.15) is 0 Å². The van der Waals surface area contributed by atoms with Gasteiger partial charge in [0.2, 0.25) is 0 Å². The maximum Gasteiger partial charge on any atom is 0.260 e. The van der Waals surface area contributed by atoms with Crippen LogP contribution in [0, 0.1) is 0 Å². The molecular weight excluding hydrogens is 398 g/mol. The molecule has 0 atom stereocenters. The van der Waals surface area contributed by atoms with Gasteiger partial charge >= 0.3 is 0 Å². The van der Waals surface area contributed by atoms with E-state index in [9.17, 15) is 9.90 Å². The van der Waals surface area contributed by atoms with Crippen LogP contribution >= 0.6 is 0 Å². The molecule has 10 heteroatoms. The summed E-state index contributed by atoms with van der Waals surface area (Å²) in [4.78, 5) is 32.0. The number of ether oxygens (including phenoxy) is 1. The minimum atomic E-state index is -0.0909. The van der Waals surface area contributed by atoms with Gasteiger partial charge in [-0.1, -0.05) is 6.07 Å². The Balaban J connectivity index is 1.70. The van der Waals surface area contributed by atoms with Gasteiger partial charge < -0.3 is 29.9 Å². The lowest BCUT2D eigenvalue weighted by Gasteiger charge is -2.22. The molecule has 3 heterocycles. The van der Waals surface area contributed by atoms with Crippen molar-refractivity contribution < 1.29 is 14.6 Å². The van der Waals surface area contributed by atoms with Crippen LogP contribution in [0.1, 0.15) is 5.56 Å². The third-order valence-electron chi connectivity index (χ3n) is 5.16. The van der Waals surface area contributed by atoms with Crippen LogP contribution in [0.15, 0.2) is 35.6 Å². The molecule has 1 aromatic carbocycles. The van der Waals surface area contributed by atoms with Crippen LogP contribution < -0.4 is 10.1 Å². The molecule has 0 saturated carbocycles. The van der Waals surface area contributed by atoms with Crippen LogP contribution in [-0.2, 0) is 4.79 Å². The molecule has 0 saturated heterocycles. The molecule has 0 unspecified atom stereocenters. The van der Waals surface area contributed by atoms with Gasteiger partial charge in [-0.05, 0) is 19.2 Å². The summed E-state index contributed by atoms with van der Waals surface area (Å²) in [6.07, 6.45) is 3.01. The maximum atomic E-state index is 12.4. The number of amides is 1. The number of fused-ring (bicyclic) bond motifs is 2. The molecule has 0 spiro atoms. The van der Waals surface area contributed by atoms with E-state index in [4.69, 9.17) is 4.74 Å². The number of hydrogen-bond donors (Lipinski definition) is 3. The molecule has 2 aromatic heterocycles. The second kappa shape index (κ2) is 9.00. The molecule has 0 fully saturated rings. The Bertz CT molecular complexity index is 1110. The van der Waals surface area contributed by atoms with Crippen molar-refractivity contribution in [3.63, 3.8) is 0 Å². The van der Waals surface area contributed by atoms with Gasteiger partial charge in [0.25, 0.3) is 5.91 Å². The fraction of sp³-hybridized carbons (Fsp3) is 0.333. The van der Waals surface area contributed by atoms with Crippen LogP contribution in [0.4, 0.5) is 11.5 Å². The molecule has 0 aliphatic carbocycles. The van der Waals surface area contributed by atoms with Gasteiger partial charge in [-0.25, -0.2) is 9.97 Å². The fourth-order valence-corrected chi connectivity index (χ4v) is 3.26. The number of likely N-dealkylation sites (N-methyl/N-ethyl adjacent to an activating group) is 2. The number of aromatic nitrogens is 3. The Kier molecular flexibility index (Phi) is 5.99. The van der Waals surface area contributed by atoms with Crippen LogP contribution in [-0.4, -0.2) is 88.9 Å². The second-order valence-electron chi connectivity index (χ2n) is 7.42. The number of aromatic hydroxyl groups is 1. The maximum absolute atomic E-state index is 12.4. The molecule has 4 rings (SSSR count). The number of hydrogen-bond acceptors (Lipinski definition) is 8. The SMILES string of the molecule is CN1CCNc2ncnc3[nH]c(O)c(c23)C=Nc2cccc(c2)OCC(=O)N(C)CC1. The number of aromatic amines is 1. The lowest BCUT2D eigenvalue weighted by atomic mass is 10.2. The number of rotatable bonds is 0. The van der Waals surface area contributed by atoms with Gasteiger partial charge in [0.1, 0.15) is 23.5 Å². The Morgan fingerprint density at radius 1 is 1.16 bits per heavy atom. The average molecular weight is 423 g/mol. The highest BCUT2D eigenvalue weighted by Crippen LogP contribution is 2.30. The normalized spacial score (nSPS) is 16.5. The van der Waals surface area contributed by atoms with Gasteiger partial charge in [0, 0.05) is 45.5 Å². The van der Waals surface area contributed by atoms with Crippen LogP contribution in [0.25, 0.3) is 11.0 Å². The number of carbonyl (C=O) groups is 1. The van der Waals surface area contributed by atoms with Crippen molar-refractivity contribution in [1.29, 1.82) is 0 Å². The number of nitrogens with zero attached hydrogens (tertiary/aromatic N) is 5. The molecule has 3 N–H and O–H groups in total. The summed E-state index contributed by atoms with van der Waals surface area (Å²) in [5.74, 6) is 1.03. The summed E-state index contributed by atoms with van der Waals surface area (Å²) >= 11 is 0. The Hall–Kier alpha value is -3.66. The molecule has 162 valence electrons. The van der Waals surface area contributed by atoms with Crippen LogP contribution in [0.2, 0.25) is 0 Å². The Morgan fingerprint density at radius 2 is 2.03 bits per heavy atom. The fourth-order valence-electron chi connectivity index (χ4n) is 3.26. The lowest BCUT2D eigenvalue weighted by Crippen LogP contribution is -2.38. The van der Waals surface area contributed by atoms with Crippen molar-refractivity contribution >= 4 is 34.7 Å². The van der Waals surface area contributed by atoms with Gasteiger partial charge in [-0.3, -0.25) is 9.79 Å². The summed E-state index contributed by atoms with van der Waals surface area (Å²) < 4.78 is 5.66. The highest BCUT2D eigenvalue weighted by atomic mass is 16.5. The largest absolute Gasteiger partial charge is 0.494 e. The summed E-state index contributed by atoms with van der Waals surface area (Å²) in [6, 6.07) is 7.13. The van der Waals surface area contributed by atoms with Crippen molar-refractivity contribution in [2.45, 2.75) is 0 Å². The number of carbonyl (C=O) groups excluding carboxylic acids is 1. The first kappa shape index (κ1) is 20.6. The minimum absolute atomic E-state index is 0.0325. The van der Waals surface area contributed by atoms with E-state index in [-0.39, 0.29) is 18.4 Å². The highest BCUT2D eigenvalue weighted by Gasteiger charge is 2.16. The van der Waals surface area contributed by atoms with Gasteiger partial charge in [0.05, 0.1) is 16.6 Å². The zero-order valence-electron chi connectivity index (χ0n) is 17.5. The third kappa shape index (κ3) is 4.75. The third-order valence-corrected chi connectivity index (χ3v) is 5.16. The van der Waals surface area contributed by atoms with E-state index in [0.29, 0.717) is 46.9 Å². The molecule has 3 aromatic rings. The van der Waals surface area contributed by atoms with Crippen molar-refractivity contribution in [1.82, 2.24) is 24.8 Å².